The molecular formula is C24H26F7NO. The van der Waals surface area contributed by atoms with Gasteiger partial charge in [-0.2, -0.15) is 26.3 Å². The summed E-state index contributed by atoms with van der Waals surface area (Å²) in [4.78, 5) is 2.06. The molecule has 0 aliphatic heterocycles. The highest BCUT2D eigenvalue weighted by atomic mass is 19.4. The zero-order chi connectivity index (χ0) is 24.4. The second kappa shape index (κ2) is 10.0. The van der Waals surface area contributed by atoms with E-state index in [9.17, 15) is 30.7 Å². The van der Waals surface area contributed by atoms with Crippen LogP contribution in [0, 0.1) is 11.7 Å². The van der Waals surface area contributed by atoms with Crippen LogP contribution in [0.3, 0.4) is 0 Å². The molecule has 182 valence electrons. The molecule has 0 aromatic heterocycles. The van der Waals surface area contributed by atoms with Gasteiger partial charge in [0.2, 0.25) is 0 Å². The van der Waals surface area contributed by atoms with Crippen LogP contribution in [-0.2, 0) is 23.7 Å². The molecule has 0 spiro atoms. The first-order chi connectivity index (χ1) is 15.3. The maximum absolute atomic E-state index is 13.4. The van der Waals surface area contributed by atoms with E-state index in [-0.39, 0.29) is 30.0 Å². The van der Waals surface area contributed by atoms with E-state index < -0.39 is 29.6 Å². The van der Waals surface area contributed by atoms with Gasteiger partial charge in [-0.05, 0) is 80.7 Å². The van der Waals surface area contributed by atoms with Crippen molar-refractivity contribution in [2.45, 2.75) is 50.2 Å². The van der Waals surface area contributed by atoms with Gasteiger partial charge in [-0.3, -0.25) is 0 Å². The zero-order valence-corrected chi connectivity index (χ0v) is 18.3. The van der Waals surface area contributed by atoms with E-state index in [0.717, 1.165) is 24.9 Å². The van der Waals surface area contributed by atoms with Crippen LogP contribution >= 0.6 is 0 Å². The molecule has 3 rings (SSSR count). The van der Waals surface area contributed by atoms with Gasteiger partial charge in [-0.25, -0.2) is 4.39 Å². The molecule has 9 heteroatoms. The van der Waals surface area contributed by atoms with Gasteiger partial charge < -0.3 is 9.64 Å². The van der Waals surface area contributed by atoms with Crippen LogP contribution < -0.4 is 0 Å². The molecule has 2 aromatic carbocycles. The summed E-state index contributed by atoms with van der Waals surface area (Å²) < 4.78 is 98.2. The molecule has 1 aliphatic carbocycles. The van der Waals surface area contributed by atoms with Gasteiger partial charge in [-0.15, -0.1) is 0 Å². The predicted molar refractivity (Wildman–Crippen MR) is 110 cm³/mol. The molecule has 33 heavy (non-hydrogen) atoms. The molecule has 3 atom stereocenters. The van der Waals surface area contributed by atoms with Crippen molar-refractivity contribution >= 4 is 0 Å². The number of benzene rings is 2. The number of halogens is 7. The molecule has 0 N–H and O–H groups in total. The van der Waals surface area contributed by atoms with Crippen molar-refractivity contribution in [3.63, 3.8) is 0 Å². The first-order valence-electron chi connectivity index (χ1n) is 10.6. The lowest BCUT2D eigenvalue weighted by atomic mass is 9.76. The van der Waals surface area contributed by atoms with Gasteiger partial charge in [0, 0.05) is 12.5 Å². The lowest BCUT2D eigenvalue weighted by Crippen LogP contribution is -2.34. The van der Waals surface area contributed by atoms with Crippen LogP contribution in [0.5, 0.6) is 0 Å². The second-order valence-electron chi connectivity index (χ2n) is 8.86. The average molecular weight is 477 g/mol. The summed E-state index contributed by atoms with van der Waals surface area (Å²) in [7, 11) is 3.92. The Bertz CT molecular complexity index is 890. The monoisotopic (exact) mass is 477 g/mol. The van der Waals surface area contributed by atoms with E-state index in [4.69, 9.17) is 4.74 Å². The Morgan fingerprint density at radius 3 is 1.97 bits per heavy atom. The number of rotatable bonds is 6. The first-order valence-corrected chi connectivity index (χ1v) is 10.6. The molecule has 0 heterocycles. The van der Waals surface area contributed by atoms with Crippen LogP contribution in [0.1, 0.15) is 47.4 Å². The summed E-state index contributed by atoms with van der Waals surface area (Å²) in [5.74, 6) is -0.182. The topological polar surface area (TPSA) is 12.5 Å². The third-order valence-electron chi connectivity index (χ3n) is 5.93. The van der Waals surface area contributed by atoms with Crippen LogP contribution in [0.25, 0.3) is 0 Å². The first kappa shape index (κ1) is 25.5. The van der Waals surface area contributed by atoms with Gasteiger partial charge >= 0.3 is 12.4 Å². The highest BCUT2D eigenvalue weighted by Gasteiger charge is 2.37. The summed E-state index contributed by atoms with van der Waals surface area (Å²) in [5.41, 5.74) is -2.07. The zero-order valence-electron chi connectivity index (χ0n) is 18.3. The van der Waals surface area contributed by atoms with Crippen molar-refractivity contribution in [2.75, 3.05) is 20.6 Å². The van der Waals surface area contributed by atoms with Crippen molar-refractivity contribution in [1.29, 1.82) is 0 Å². The molecule has 1 aliphatic rings. The fourth-order valence-corrected chi connectivity index (χ4v) is 4.48. The van der Waals surface area contributed by atoms with E-state index >= 15 is 0 Å². The number of nitrogens with zero attached hydrogens (tertiary/aromatic N) is 1. The third-order valence-corrected chi connectivity index (χ3v) is 5.93. The van der Waals surface area contributed by atoms with E-state index in [0.29, 0.717) is 24.5 Å². The lowest BCUT2D eigenvalue weighted by Gasteiger charge is -2.37. The molecule has 1 unspecified atom stereocenters. The molecule has 2 nitrogen and oxygen atoms in total. The van der Waals surface area contributed by atoms with Gasteiger partial charge in [0.15, 0.2) is 0 Å². The fraction of sp³-hybridized carbons (Fsp3) is 0.500. The fourth-order valence-electron chi connectivity index (χ4n) is 4.48. The molecule has 1 saturated carbocycles. The van der Waals surface area contributed by atoms with Crippen molar-refractivity contribution < 1.29 is 35.5 Å². The molecule has 0 radical (unpaired) electrons. The van der Waals surface area contributed by atoms with Crippen molar-refractivity contribution in [1.82, 2.24) is 4.90 Å². The quantitative estimate of drug-likeness (QED) is 0.420. The summed E-state index contributed by atoms with van der Waals surface area (Å²) in [6.45, 7) is 0.459. The van der Waals surface area contributed by atoms with Crippen molar-refractivity contribution in [3.05, 3.63) is 70.5 Å². The molecular weight excluding hydrogens is 451 g/mol. The minimum atomic E-state index is -4.91. The number of ether oxygens (including phenoxy) is 1. The molecule has 0 bridgehead atoms. The Kier molecular flexibility index (Phi) is 7.73. The number of hydrogen-bond donors (Lipinski definition) is 0. The van der Waals surface area contributed by atoms with Gasteiger partial charge in [0.1, 0.15) is 5.82 Å². The Hall–Kier alpha value is -2.13. The normalized spacial score (nSPS) is 22.1. The SMILES string of the molecule is CN(C)C[C@@H]1CC[C@H](OCc2cc(C(F)(F)F)cc(C(F)(F)F)c2)C(c2ccc(F)cc2)C1. The van der Waals surface area contributed by atoms with E-state index in [1.807, 2.05) is 14.1 Å². The highest BCUT2D eigenvalue weighted by molar-refractivity contribution is 5.33. The number of hydrogen-bond acceptors (Lipinski definition) is 2. The van der Waals surface area contributed by atoms with Gasteiger partial charge in [0.25, 0.3) is 0 Å². The van der Waals surface area contributed by atoms with E-state index in [2.05, 4.69) is 4.90 Å². The van der Waals surface area contributed by atoms with Crippen LogP contribution in [0.2, 0.25) is 0 Å². The second-order valence-corrected chi connectivity index (χ2v) is 8.86. The maximum atomic E-state index is 13.4. The van der Waals surface area contributed by atoms with Crippen LogP contribution in [0.15, 0.2) is 42.5 Å². The Balaban J connectivity index is 1.82. The van der Waals surface area contributed by atoms with Crippen molar-refractivity contribution in [2.24, 2.45) is 5.92 Å². The molecule has 1 fully saturated rings. The number of alkyl halides is 6. The Labute approximate surface area is 188 Å². The molecule has 0 saturated heterocycles. The lowest BCUT2D eigenvalue weighted by molar-refractivity contribution is -0.143. The third kappa shape index (κ3) is 6.93. The smallest absolute Gasteiger partial charge is 0.373 e. The van der Waals surface area contributed by atoms with E-state index in [1.165, 1.54) is 12.1 Å². The van der Waals surface area contributed by atoms with Crippen molar-refractivity contribution in [3.8, 4) is 0 Å². The summed E-state index contributed by atoms with van der Waals surface area (Å²) in [6.07, 6.45) is -8.07. The predicted octanol–water partition coefficient (Wildman–Crippen LogP) is 6.89. The van der Waals surface area contributed by atoms with Crippen LogP contribution in [0.4, 0.5) is 30.7 Å². The standard InChI is InChI=1S/C24H26F7NO/c1-32(2)13-15-3-8-22(21(11-15)17-4-6-20(25)7-5-17)33-14-16-9-18(23(26,27)28)12-19(10-16)24(29,30)31/h4-7,9-10,12,15,21-22H,3,8,11,13-14H2,1-2H3/t15-,21?,22+/m1/s1. The van der Waals surface area contributed by atoms with Gasteiger partial charge in [-0.1, -0.05) is 12.1 Å². The Morgan fingerprint density at radius 2 is 1.45 bits per heavy atom. The molecule has 0 amide bonds. The van der Waals surface area contributed by atoms with Crippen LogP contribution in [-0.4, -0.2) is 31.6 Å². The Morgan fingerprint density at radius 1 is 0.879 bits per heavy atom. The largest absolute Gasteiger partial charge is 0.416 e. The molecule has 2 aromatic rings. The van der Waals surface area contributed by atoms with E-state index in [1.54, 1.807) is 12.1 Å². The average Bonchev–Trinajstić information content (AvgIpc) is 2.71. The summed E-state index contributed by atoms with van der Waals surface area (Å²) in [6, 6.07) is 7.48. The summed E-state index contributed by atoms with van der Waals surface area (Å²) in [5, 5.41) is 0. The highest BCUT2D eigenvalue weighted by Crippen LogP contribution is 2.40. The van der Waals surface area contributed by atoms with Gasteiger partial charge in [0.05, 0.1) is 23.8 Å². The summed E-state index contributed by atoms with van der Waals surface area (Å²) >= 11 is 0. The minimum absolute atomic E-state index is 0.108. The maximum Gasteiger partial charge on any atom is 0.416 e. The minimum Gasteiger partial charge on any atom is -0.373 e.